The maximum Gasteiger partial charge on any atom is 0.251 e. The van der Waals surface area contributed by atoms with Crippen LogP contribution in [0.1, 0.15) is 35.7 Å². The van der Waals surface area contributed by atoms with Crippen molar-refractivity contribution in [1.29, 1.82) is 5.26 Å². The van der Waals surface area contributed by atoms with Gasteiger partial charge in [0.25, 0.3) is 5.91 Å². The largest absolute Gasteiger partial charge is 0.373 e. The summed E-state index contributed by atoms with van der Waals surface area (Å²) in [5.41, 5.74) is 0.754. The number of carbonyl (C=O) groups is 1. The van der Waals surface area contributed by atoms with Crippen LogP contribution in [0.15, 0.2) is 24.3 Å². The normalized spacial score (nSPS) is 22.4. The highest BCUT2D eigenvalue weighted by molar-refractivity contribution is 5.94. The van der Waals surface area contributed by atoms with Gasteiger partial charge < -0.3 is 10.1 Å². The molecule has 1 N–H and O–H groups in total. The van der Waals surface area contributed by atoms with E-state index >= 15 is 0 Å². The van der Waals surface area contributed by atoms with Crippen LogP contribution in [0.25, 0.3) is 0 Å². The molecule has 1 aromatic carbocycles. The molecule has 1 unspecified atom stereocenters. The Labute approximate surface area is 107 Å². The zero-order valence-electron chi connectivity index (χ0n) is 10.4. The summed E-state index contributed by atoms with van der Waals surface area (Å²) >= 11 is 0. The zero-order valence-corrected chi connectivity index (χ0v) is 10.4. The molecule has 1 heterocycles. The minimum absolute atomic E-state index is 0.163. The van der Waals surface area contributed by atoms with Crippen LogP contribution < -0.4 is 5.32 Å². The lowest BCUT2D eigenvalue weighted by atomic mass is 10.0. The molecule has 2 rings (SSSR count). The van der Waals surface area contributed by atoms with Crippen molar-refractivity contribution in [2.45, 2.75) is 25.4 Å². The van der Waals surface area contributed by atoms with Crippen molar-refractivity contribution in [3.63, 3.8) is 0 Å². The maximum absolute atomic E-state index is 11.9. The fourth-order valence-electron chi connectivity index (χ4n) is 2.08. The molecule has 0 radical (unpaired) electrons. The molecule has 0 saturated carbocycles. The second-order valence-electron chi connectivity index (χ2n) is 4.78. The van der Waals surface area contributed by atoms with Gasteiger partial charge in [-0.2, -0.15) is 5.26 Å². The van der Waals surface area contributed by atoms with E-state index in [1.54, 1.807) is 24.3 Å². The second-order valence-corrected chi connectivity index (χ2v) is 4.78. The van der Waals surface area contributed by atoms with Crippen LogP contribution in [0, 0.1) is 11.3 Å². The van der Waals surface area contributed by atoms with Crippen LogP contribution in [0.5, 0.6) is 0 Å². The molecule has 4 nitrogen and oxygen atoms in total. The number of nitrogens with one attached hydrogen (secondary N) is 1. The minimum Gasteiger partial charge on any atom is -0.373 e. The molecule has 4 heteroatoms. The average Bonchev–Trinajstić information content (AvgIpc) is 2.83. The van der Waals surface area contributed by atoms with Crippen LogP contribution in [0.4, 0.5) is 0 Å². The van der Waals surface area contributed by atoms with Crippen molar-refractivity contribution in [3.8, 4) is 6.07 Å². The van der Waals surface area contributed by atoms with Gasteiger partial charge in [-0.05, 0) is 38.0 Å². The standard InChI is InChI=1S/C14H16N2O2/c1-14(6-3-7-18-14)10-16-13(17)12-5-2-4-11(8-12)9-15/h2,4-5,8H,3,6-7,10H2,1H3,(H,16,17). The van der Waals surface area contributed by atoms with Crippen molar-refractivity contribution in [1.82, 2.24) is 5.32 Å². The topological polar surface area (TPSA) is 62.1 Å². The summed E-state index contributed by atoms with van der Waals surface area (Å²) in [5, 5.41) is 11.6. The molecule has 0 aliphatic carbocycles. The molecule has 0 bridgehead atoms. The highest BCUT2D eigenvalue weighted by Gasteiger charge is 2.30. The van der Waals surface area contributed by atoms with Gasteiger partial charge in [0.2, 0.25) is 0 Å². The molecular weight excluding hydrogens is 228 g/mol. The lowest BCUT2D eigenvalue weighted by Crippen LogP contribution is -2.40. The number of benzene rings is 1. The summed E-state index contributed by atoms with van der Waals surface area (Å²) in [6.07, 6.45) is 2.00. The fourth-order valence-corrected chi connectivity index (χ4v) is 2.08. The third-order valence-corrected chi connectivity index (χ3v) is 3.18. The predicted molar refractivity (Wildman–Crippen MR) is 67.1 cm³/mol. The Bertz CT molecular complexity index is 485. The first-order valence-corrected chi connectivity index (χ1v) is 6.05. The third kappa shape index (κ3) is 2.88. The summed E-state index contributed by atoms with van der Waals surface area (Å²) in [6.45, 7) is 3.27. The molecular formula is C14H16N2O2. The van der Waals surface area contributed by atoms with Gasteiger partial charge in [-0.25, -0.2) is 0 Å². The van der Waals surface area contributed by atoms with Crippen LogP contribution in [0.2, 0.25) is 0 Å². The Morgan fingerprint density at radius 3 is 3.11 bits per heavy atom. The van der Waals surface area contributed by atoms with E-state index in [9.17, 15) is 4.79 Å². The molecule has 94 valence electrons. The molecule has 1 aliphatic heterocycles. The van der Waals surface area contributed by atoms with Crippen molar-refractivity contribution >= 4 is 5.91 Å². The van der Waals surface area contributed by atoms with E-state index in [1.807, 2.05) is 13.0 Å². The van der Waals surface area contributed by atoms with Gasteiger partial charge in [0, 0.05) is 18.7 Å². The minimum atomic E-state index is -0.248. The van der Waals surface area contributed by atoms with Crippen LogP contribution in [-0.2, 0) is 4.74 Å². The zero-order chi connectivity index (χ0) is 13.0. The number of hydrogen-bond acceptors (Lipinski definition) is 3. The van der Waals surface area contributed by atoms with Gasteiger partial charge in [-0.15, -0.1) is 0 Å². The number of rotatable bonds is 3. The van der Waals surface area contributed by atoms with Gasteiger partial charge >= 0.3 is 0 Å². The average molecular weight is 244 g/mol. The van der Waals surface area contributed by atoms with Crippen molar-refractivity contribution in [2.24, 2.45) is 0 Å². The number of ether oxygens (including phenoxy) is 1. The highest BCUT2D eigenvalue weighted by atomic mass is 16.5. The van der Waals surface area contributed by atoms with E-state index in [0.717, 1.165) is 19.4 Å². The summed E-state index contributed by atoms with van der Waals surface area (Å²) in [7, 11) is 0. The summed E-state index contributed by atoms with van der Waals surface area (Å²) in [6, 6.07) is 8.70. The maximum atomic E-state index is 11.9. The second kappa shape index (κ2) is 5.19. The molecule has 1 amide bonds. The van der Waals surface area contributed by atoms with Crippen molar-refractivity contribution in [3.05, 3.63) is 35.4 Å². The molecule has 0 spiro atoms. The van der Waals surface area contributed by atoms with Crippen LogP contribution in [0.3, 0.4) is 0 Å². The highest BCUT2D eigenvalue weighted by Crippen LogP contribution is 2.23. The Morgan fingerprint density at radius 1 is 1.61 bits per heavy atom. The lowest BCUT2D eigenvalue weighted by Gasteiger charge is -2.23. The van der Waals surface area contributed by atoms with Crippen molar-refractivity contribution < 1.29 is 9.53 Å². The quantitative estimate of drug-likeness (QED) is 0.882. The predicted octanol–water partition coefficient (Wildman–Crippen LogP) is 1.86. The molecule has 0 aromatic heterocycles. The van der Waals surface area contributed by atoms with E-state index in [1.165, 1.54) is 0 Å². The molecule has 1 atom stereocenters. The van der Waals surface area contributed by atoms with Crippen LogP contribution >= 0.6 is 0 Å². The number of hydrogen-bond donors (Lipinski definition) is 1. The smallest absolute Gasteiger partial charge is 0.251 e. The first kappa shape index (κ1) is 12.6. The van der Waals surface area contributed by atoms with E-state index in [-0.39, 0.29) is 11.5 Å². The Balaban J connectivity index is 1.97. The first-order valence-electron chi connectivity index (χ1n) is 6.05. The first-order chi connectivity index (χ1) is 8.63. The number of nitrogens with zero attached hydrogens (tertiary/aromatic N) is 1. The Hall–Kier alpha value is -1.86. The van der Waals surface area contributed by atoms with Gasteiger partial charge in [-0.3, -0.25) is 4.79 Å². The summed E-state index contributed by atoms with van der Waals surface area (Å²) in [5.74, 6) is -0.163. The third-order valence-electron chi connectivity index (χ3n) is 3.18. The van der Waals surface area contributed by atoms with Gasteiger partial charge in [0.15, 0.2) is 0 Å². The van der Waals surface area contributed by atoms with Crippen LogP contribution in [-0.4, -0.2) is 24.7 Å². The lowest BCUT2D eigenvalue weighted by molar-refractivity contribution is 0.0206. The molecule has 1 fully saturated rings. The number of amides is 1. The van der Waals surface area contributed by atoms with Gasteiger partial charge in [-0.1, -0.05) is 6.07 Å². The van der Waals surface area contributed by atoms with E-state index in [4.69, 9.17) is 10.00 Å². The van der Waals surface area contributed by atoms with Gasteiger partial charge in [0.1, 0.15) is 0 Å². The van der Waals surface area contributed by atoms with Gasteiger partial charge in [0.05, 0.1) is 17.2 Å². The van der Waals surface area contributed by atoms with E-state index in [0.29, 0.717) is 17.7 Å². The Morgan fingerprint density at radius 2 is 2.44 bits per heavy atom. The summed E-state index contributed by atoms with van der Waals surface area (Å²) < 4.78 is 5.60. The summed E-state index contributed by atoms with van der Waals surface area (Å²) in [4.78, 5) is 11.9. The number of nitriles is 1. The van der Waals surface area contributed by atoms with E-state index < -0.39 is 0 Å². The monoisotopic (exact) mass is 244 g/mol. The Kier molecular flexibility index (Phi) is 3.63. The number of carbonyl (C=O) groups excluding carboxylic acids is 1. The molecule has 1 aromatic rings. The van der Waals surface area contributed by atoms with Crippen molar-refractivity contribution in [2.75, 3.05) is 13.2 Å². The SMILES string of the molecule is CC1(CNC(=O)c2cccc(C#N)c2)CCCO1. The van der Waals surface area contributed by atoms with E-state index in [2.05, 4.69) is 5.32 Å². The fraction of sp³-hybridized carbons (Fsp3) is 0.429. The molecule has 1 saturated heterocycles. The molecule has 18 heavy (non-hydrogen) atoms. The molecule has 1 aliphatic rings.